The third-order valence-corrected chi connectivity index (χ3v) is 2.88. The molecule has 1 rings (SSSR count). The van der Waals surface area contributed by atoms with Gasteiger partial charge in [0, 0.05) is 6.04 Å². The highest BCUT2D eigenvalue weighted by molar-refractivity contribution is 6.32. The Kier molecular flexibility index (Phi) is 5.60. The van der Waals surface area contributed by atoms with Gasteiger partial charge in [-0.1, -0.05) is 24.1 Å². The molecule has 90 valence electrons. The van der Waals surface area contributed by atoms with Crippen LogP contribution in [0.1, 0.15) is 30.9 Å². The van der Waals surface area contributed by atoms with Crippen molar-refractivity contribution in [1.82, 2.24) is 0 Å². The second kappa shape index (κ2) is 6.74. The van der Waals surface area contributed by atoms with E-state index in [2.05, 4.69) is 0 Å². The number of hydrogen-bond donors (Lipinski definition) is 2. The number of nitrogens with two attached hydrogens (primary N) is 2. The van der Waals surface area contributed by atoms with Gasteiger partial charge in [-0.25, -0.2) is 0 Å². The standard InChI is InChI=1S/C12H19ClN2O/c1-16-12-8-9(5-6-10(12)13)11(15)4-2-3-7-14/h5-6,8,11H,2-4,7,14-15H2,1H3/t11-/m1/s1. The fraction of sp³-hybridized carbons (Fsp3) is 0.500. The highest BCUT2D eigenvalue weighted by Crippen LogP contribution is 2.28. The van der Waals surface area contributed by atoms with Gasteiger partial charge in [-0.3, -0.25) is 0 Å². The Bertz CT molecular complexity index is 331. The average Bonchev–Trinajstić information content (AvgIpc) is 2.30. The molecule has 1 atom stereocenters. The molecule has 0 aliphatic carbocycles. The van der Waals surface area contributed by atoms with Crippen LogP contribution in [0.3, 0.4) is 0 Å². The lowest BCUT2D eigenvalue weighted by Gasteiger charge is -2.13. The Morgan fingerprint density at radius 1 is 1.38 bits per heavy atom. The van der Waals surface area contributed by atoms with Gasteiger partial charge in [0.25, 0.3) is 0 Å². The molecule has 0 bridgehead atoms. The first kappa shape index (κ1) is 13.3. The highest BCUT2D eigenvalue weighted by Gasteiger charge is 2.08. The second-order valence-corrected chi connectivity index (χ2v) is 4.19. The van der Waals surface area contributed by atoms with Gasteiger partial charge in [0.05, 0.1) is 12.1 Å². The Balaban J connectivity index is 2.64. The SMILES string of the molecule is COc1cc([C@H](N)CCCCN)ccc1Cl. The van der Waals surface area contributed by atoms with Crippen molar-refractivity contribution >= 4 is 11.6 Å². The van der Waals surface area contributed by atoms with E-state index in [-0.39, 0.29) is 6.04 Å². The number of ether oxygens (including phenoxy) is 1. The van der Waals surface area contributed by atoms with Crippen molar-refractivity contribution in [3.8, 4) is 5.75 Å². The molecule has 0 aliphatic rings. The van der Waals surface area contributed by atoms with Crippen LogP contribution < -0.4 is 16.2 Å². The number of unbranched alkanes of at least 4 members (excludes halogenated alkanes) is 1. The molecule has 0 amide bonds. The molecule has 1 aromatic carbocycles. The molecular weight excluding hydrogens is 224 g/mol. The van der Waals surface area contributed by atoms with Crippen LogP contribution in [-0.4, -0.2) is 13.7 Å². The molecule has 1 aromatic rings. The third-order valence-electron chi connectivity index (χ3n) is 2.57. The fourth-order valence-corrected chi connectivity index (χ4v) is 1.78. The summed E-state index contributed by atoms with van der Waals surface area (Å²) in [7, 11) is 1.60. The Hall–Kier alpha value is -0.770. The third kappa shape index (κ3) is 3.67. The Morgan fingerprint density at radius 3 is 2.75 bits per heavy atom. The van der Waals surface area contributed by atoms with E-state index >= 15 is 0 Å². The number of rotatable bonds is 6. The molecule has 0 spiro atoms. The topological polar surface area (TPSA) is 61.3 Å². The zero-order valence-corrected chi connectivity index (χ0v) is 10.3. The first-order chi connectivity index (χ1) is 7.69. The number of hydrogen-bond acceptors (Lipinski definition) is 3. The molecular formula is C12H19ClN2O. The first-order valence-corrected chi connectivity index (χ1v) is 5.86. The van der Waals surface area contributed by atoms with Crippen LogP contribution in [-0.2, 0) is 0 Å². The fourth-order valence-electron chi connectivity index (χ4n) is 1.58. The molecule has 0 radical (unpaired) electrons. The maximum Gasteiger partial charge on any atom is 0.137 e. The van der Waals surface area contributed by atoms with Gasteiger partial charge in [0.15, 0.2) is 0 Å². The van der Waals surface area contributed by atoms with Crippen LogP contribution in [0.5, 0.6) is 5.75 Å². The van der Waals surface area contributed by atoms with Gasteiger partial charge < -0.3 is 16.2 Å². The minimum absolute atomic E-state index is 0.0257. The van der Waals surface area contributed by atoms with Crippen molar-refractivity contribution in [2.45, 2.75) is 25.3 Å². The van der Waals surface area contributed by atoms with E-state index < -0.39 is 0 Å². The summed E-state index contributed by atoms with van der Waals surface area (Å²) < 4.78 is 5.15. The van der Waals surface area contributed by atoms with Crippen molar-refractivity contribution in [3.05, 3.63) is 28.8 Å². The number of benzene rings is 1. The van der Waals surface area contributed by atoms with Gasteiger partial charge in [0.1, 0.15) is 5.75 Å². The van der Waals surface area contributed by atoms with Crippen LogP contribution in [0.15, 0.2) is 18.2 Å². The molecule has 4 N–H and O–H groups in total. The number of methoxy groups -OCH3 is 1. The molecule has 0 saturated heterocycles. The van der Waals surface area contributed by atoms with E-state index in [1.807, 2.05) is 18.2 Å². The van der Waals surface area contributed by atoms with E-state index in [4.69, 9.17) is 27.8 Å². The van der Waals surface area contributed by atoms with Crippen LogP contribution in [0.4, 0.5) is 0 Å². The molecule has 0 saturated carbocycles. The minimum atomic E-state index is 0.0257. The molecule has 16 heavy (non-hydrogen) atoms. The van der Waals surface area contributed by atoms with Gasteiger partial charge in [0.2, 0.25) is 0 Å². The quantitative estimate of drug-likeness (QED) is 0.754. The van der Waals surface area contributed by atoms with Gasteiger partial charge in [-0.05, 0) is 37.1 Å². The summed E-state index contributed by atoms with van der Waals surface area (Å²) in [5.74, 6) is 0.674. The molecule has 0 fully saturated rings. The monoisotopic (exact) mass is 242 g/mol. The van der Waals surface area contributed by atoms with E-state index in [0.29, 0.717) is 10.8 Å². The van der Waals surface area contributed by atoms with Crippen molar-refractivity contribution in [1.29, 1.82) is 0 Å². The van der Waals surface area contributed by atoms with E-state index in [1.165, 1.54) is 0 Å². The molecule has 0 heterocycles. The molecule has 0 aliphatic heterocycles. The second-order valence-electron chi connectivity index (χ2n) is 3.78. The summed E-state index contributed by atoms with van der Waals surface area (Å²) in [4.78, 5) is 0. The summed E-state index contributed by atoms with van der Waals surface area (Å²) in [5, 5.41) is 0.611. The van der Waals surface area contributed by atoms with Crippen molar-refractivity contribution < 1.29 is 4.74 Å². The lowest BCUT2D eigenvalue weighted by Crippen LogP contribution is -2.11. The maximum atomic E-state index is 6.07. The summed E-state index contributed by atoms with van der Waals surface area (Å²) in [6, 6.07) is 5.68. The van der Waals surface area contributed by atoms with Crippen molar-refractivity contribution in [2.75, 3.05) is 13.7 Å². The largest absolute Gasteiger partial charge is 0.495 e. The van der Waals surface area contributed by atoms with Crippen LogP contribution in [0.2, 0.25) is 5.02 Å². The number of halogens is 1. The predicted molar refractivity (Wildman–Crippen MR) is 67.8 cm³/mol. The van der Waals surface area contributed by atoms with Crippen LogP contribution >= 0.6 is 11.6 Å². The lowest BCUT2D eigenvalue weighted by atomic mass is 10.0. The summed E-state index contributed by atoms with van der Waals surface area (Å²) in [6.45, 7) is 0.719. The summed E-state index contributed by atoms with van der Waals surface area (Å²) in [5.41, 5.74) is 12.6. The van der Waals surface area contributed by atoms with Crippen LogP contribution in [0, 0.1) is 0 Å². The highest BCUT2D eigenvalue weighted by atomic mass is 35.5. The maximum absolute atomic E-state index is 6.07. The van der Waals surface area contributed by atoms with Crippen LogP contribution in [0.25, 0.3) is 0 Å². The summed E-state index contributed by atoms with van der Waals surface area (Å²) in [6.07, 6.45) is 2.99. The van der Waals surface area contributed by atoms with E-state index in [1.54, 1.807) is 7.11 Å². The molecule has 3 nitrogen and oxygen atoms in total. The van der Waals surface area contributed by atoms with Crippen molar-refractivity contribution in [3.63, 3.8) is 0 Å². The predicted octanol–water partition coefficient (Wildman–Crippen LogP) is 2.48. The molecule has 0 aromatic heterocycles. The van der Waals surface area contributed by atoms with E-state index in [0.717, 1.165) is 31.4 Å². The lowest BCUT2D eigenvalue weighted by molar-refractivity contribution is 0.413. The van der Waals surface area contributed by atoms with Gasteiger partial charge in [-0.2, -0.15) is 0 Å². The van der Waals surface area contributed by atoms with Gasteiger partial charge >= 0.3 is 0 Å². The summed E-state index contributed by atoms with van der Waals surface area (Å²) >= 11 is 5.95. The molecule has 0 unspecified atom stereocenters. The molecule has 4 heteroatoms. The normalized spacial score (nSPS) is 12.5. The zero-order valence-electron chi connectivity index (χ0n) is 9.58. The van der Waals surface area contributed by atoms with Gasteiger partial charge in [-0.15, -0.1) is 0 Å². The van der Waals surface area contributed by atoms with Crippen molar-refractivity contribution in [2.24, 2.45) is 11.5 Å². The zero-order chi connectivity index (χ0) is 12.0. The smallest absolute Gasteiger partial charge is 0.137 e. The average molecular weight is 243 g/mol. The first-order valence-electron chi connectivity index (χ1n) is 5.48. The minimum Gasteiger partial charge on any atom is -0.495 e. The Labute approximate surface area is 102 Å². The van der Waals surface area contributed by atoms with E-state index in [9.17, 15) is 0 Å². The Morgan fingerprint density at radius 2 is 2.12 bits per heavy atom.